The molecule has 1 aliphatic heterocycles. The number of Topliss-reactive ketones (excluding diaryl/α,β-unsaturated/α-hetero) is 1. The molecule has 0 fully saturated rings. The van der Waals surface area contributed by atoms with Crippen molar-refractivity contribution >= 4 is 11.7 Å². The molecule has 0 saturated carbocycles. The maximum absolute atomic E-state index is 12.5. The molecule has 2 aromatic rings. The fourth-order valence-electron chi connectivity index (χ4n) is 2.52. The maximum Gasteiger partial charge on any atom is 0.289 e. The van der Waals surface area contributed by atoms with Crippen molar-refractivity contribution in [1.82, 2.24) is 4.90 Å². The molecule has 3 rings (SSSR count). The van der Waals surface area contributed by atoms with E-state index in [1.807, 2.05) is 30.3 Å². The van der Waals surface area contributed by atoms with Crippen LogP contribution in [-0.4, -0.2) is 28.7 Å². The molecule has 1 aromatic heterocycles. The van der Waals surface area contributed by atoms with E-state index in [2.05, 4.69) is 0 Å². The summed E-state index contributed by atoms with van der Waals surface area (Å²) in [6.45, 7) is 0. The van der Waals surface area contributed by atoms with Gasteiger partial charge in [0.1, 0.15) is 0 Å². The van der Waals surface area contributed by atoms with Crippen LogP contribution in [0.2, 0.25) is 0 Å². The molecule has 5 heteroatoms. The molecule has 106 valence electrons. The number of nitrogens with zero attached hydrogens (tertiary/aromatic N) is 1. The Bertz CT molecular complexity index is 716. The van der Waals surface area contributed by atoms with Gasteiger partial charge in [0.25, 0.3) is 5.91 Å². The van der Waals surface area contributed by atoms with Gasteiger partial charge in [0.15, 0.2) is 11.5 Å². The zero-order valence-electron chi connectivity index (χ0n) is 11.3. The molecule has 5 nitrogen and oxygen atoms in total. The first-order valence-corrected chi connectivity index (χ1v) is 6.44. The van der Waals surface area contributed by atoms with Gasteiger partial charge >= 0.3 is 0 Å². The molecule has 0 bridgehead atoms. The van der Waals surface area contributed by atoms with E-state index in [1.165, 1.54) is 17.2 Å². The van der Waals surface area contributed by atoms with E-state index in [-0.39, 0.29) is 11.3 Å². The fourth-order valence-corrected chi connectivity index (χ4v) is 2.52. The Morgan fingerprint density at radius 1 is 1.19 bits per heavy atom. The average molecular weight is 283 g/mol. The highest BCUT2D eigenvalue weighted by molar-refractivity contribution is 6.14. The number of hydrogen-bond acceptors (Lipinski definition) is 4. The summed E-state index contributed by atoms with van der Waals surface area (Å²) in [5.74, 6) is -1.48. The molecular formula is C16H13NO4. The molecule has 1 amide bonds. The van der Waals surface area contributed by atoms with E-state index in [9.17, 15) is 14.7 Å². The fraction of sp³-hybridized carbons (Fsp3) is 0.125. The summed E-state index contributed by atoms with van der Waals surface area (Å²) in [7, 11) is 1.55. The number of benzene rings is 1. The highest BCUT2D eigenvalue weighted by Crippen LogP contribution is 2.37. The van der Waals surface area contributed by atoms with Crippen molar-refractivity contribution in [2.24, 2.45) is 0 Å². The van der Waals surface area contributed by atoms with Crippen LogP contribution in [0.1, 0.15) is 22.2 Å². The molecule has 1 atom stereocenters. The predicted molar refractivity (Wildman–Crippen MR) is 74.6 cm³/mol. The van der Waals surface area contributed by atoms with Crippen LogP contribution in [0.25, 0.3) is 0 Å². The number of carbonyl (C=O) groups is 2. The van der Waals surface area contributed by atoms with Crippen LogP contribution in [0.4, 0.5) is 0 Å². The van der Waals surface area contributed by atoms with E-state index >= 15 is 0 Å². The summed E-state index contributed by atoms with van der Waals surface area (Å²) >= 11 is 0. The molecule has 1 aromatic carbocycles. The first-order valence-electron chi connectivity index (χ1n) is 6.44. The van der Waals surface area contributed by atoms with Crippen LogP contribution >= 0.6 is 0 Å². The Morgan fingerprint density at radius 3 is 2.52 bits per heavy atom. The minimum Gasteiger partial charge on any atom is -0.503 e. The summed E-state index contributed by atoms with van der Waals surface area (Å²) in [4.78, 5) is 25.9. The molecule has 0 spiro atoms. The SMILES string of the molecule is CN1C(=O)C(O)=C(C(=O)c2ccco2)C1c1ccccc1. The molecule has 0 radical (unpaired) electrons. The Hall–Kier alpha value is -2.82. The van der Waals surface area contributed by atoms with Gasteiger partial charge in [0, 0.05) is 7.05 Å². The van der Waals surface area contributed by atoms with Gasteiger partial charge < -0.3 is 14.4 Å². The summed E-state index contributed by atoms with van der Waals surface area (Å²) in [5, 5.41) is 10.1. The largest absolute Gasteiger partial charge is 0.503 e. The van der Waals surface area contributed by atoms with Crippen molar-refractivity contribution in [3.05, 3.63) is 71.4 Å². The molecule has 0 saturated heterocycles. The number of likely N-dealkylation sites (N-methyl/N-ethyl adjacent to an activating group) is 1. The first kappa shape index (κ1) is 13.2. The third kappa shape index (κ3) is 2.03. The smallest absolute Gasteiger partial charge is 0.289 e. The zero-order chi connectivity index (χ0) is 15.0. The van der Waals surface area contributed by atoms with Gasteiger partial charge in [-0.05, 0) is 17.7 Å². The van der Waals surface area contributed by atoms with Crippen LogP contribution in [-0.2, 0) is 4.79 Å². The predicted octanol–water partition coefficient (Wildman–Crippen LogP) is 2.49. The second-order valence-electron chi connectivity index (χ2n) is 4.80. The number of aliphatic hydroxyl groups excluding tert-OH is 1. The van der Waals surface area contributed by atoms with E-state index < -0.39 is 23.5 Å². The van der Waals surface area contributed by atoms with Crippen LogP contribution in [0.15, 0.2) is 64.5 Å². The molecule has 1 N–H and O–H groups in total. The topological polar surface area (TPSA) is 70.8 Å². The highest BCUT2D eigenvalue weighted by Gasteiger charge is 2.42. The molecular weight excluding hydrogens is 270 g/mol. The summed E-state index contributed by atoms with van der Waals surface area (Å²) in [6.07, 6.45) is 1.38. The lowest BCUT2D eigenvalue weighted by molar-refractivity contribution is -0.128. The van der Waals surface area contributed by atoms with Crippen LogP contribution in [0.5, 0.6) is 0 Å². The number of furan rings is 1. The molecule has 0 aliphatic carbocycles. The third-order valence-corrected chi connectivity index (χ3v) is 3.54. The number of carbonyl (C=O) groups excluding carboxylic acids is 2. The van der Waals surface area contributed by atoms with Gasteiger partial charge in [-0.25, -0.2) is 0 Å². The minimum absolute atomic E-state index is 0.0450. The summed E-state index contributed by atoms with van der Waals surface area (Å²) in [6, 6.07) is 11.6. The van der Waals surface area contributed by atoms with Crippen LogP contribution in [0, 0.1) is 0 Å². The van der Waals surface area contributed by atoms with Crippen LogP contribution < -0.4 is 0 Å². The van der Waals surface area contributed by atoms with E-state index in [0.717, 1.165) is 5.56 Å². The van der Waals surface area contributed by atoms with Crippen molar-refractivity contribution in [3.63, 3.8) is 0 Å². The highest BCUT2D eigenvalue weighted by atomic mass is 16.3. The summed E-state index contributed by atoms with van der Waals surface area (Å²) in [5.41, 5.74) is 0.802. The number of aliphatic hydroxyl groups is 1. The van der Waals surface area contributed by atoms with Gasteiger partial charge in [-0.3, -0.25) is 9.59 Å². The number of rotatable bonds is 3. The normalized spacial score (nSPS) is 18.4. The van der Waals surface area contributed by atoms with Crippen molar-refractivity contribution in [2.45, 2.75) is 6.04 Å². The van der Waals surface area contributed by atoms with E-state index in [4.69, 9.17) is 4.42 Å². The quantitative estimate of drug-likeness (QED) is 0.878. The number of amides is 1. The second kappa shape index (κ2) is 4.94. The lowest BCUT2D eigenvalue weighted by Crippen LogP contribution is -2.26. The van der Waals surface area contributed by atoms with Gasteiger partial charge in [-0.1, -0.05) is 30.3 Å². The minimum atomic E-state index is -0.615. The zero-order valence-corrected chi connectivity index (χ0v) is 11.3. The van der Waals surface area contributed by atoms with Gasteiger partial charge in [-0.15, -0.1) is 0 Å². The standard InChI is InChI=1S/C16H13NO4/c1-17-13(10-6-3-2-4-7-10)12(15(19)16(17)20)14(18)11-8-5-9-21-11/h2-9,13,19H,1H3. The van der Waals surface area contributed by atoms with Crippen molar-refractivity contribution in [3.8, 4) is 0 Å². The Morgan fingerprint density at radius 2 is 1.90 bits per heavy atom. The third-order valence-electron chi connectivity index (χ3n) is 3.54. The van der Waals surface area contributed by atoms with E-state index in [1.54, 1.807) is 13.1 Å². The van der Waals surface area contributed by atoms with Gasteiger partial charge in [0.05, 0.1) is 17.9 Å². The lowest BCUT2D eigenvalue weighted by atomic mass is 9.95. The molecule has 21 heavy (non-hydrogen) atoms. The Kier molecular flexibility index (Phi) is 3.10. The molecule has 1 unspecified atom stereocenters. The monoisotopic (exact) mass is 283 g/mol. The van der Waals surface area contributed by atoms with Crippen LogP contribution in [0.3, 0.4) is 0 Å². The Balaban J connectivity index is 2.10. The first-order chi connectivity index (χ1) is 10.1. The number of ketones is 1. The average Bonchev–Trinajstić information content (AvgIpc) is 3.11. The van der Waals surface area contributed by atoms with E-state index in [0.29, 0.717) is 0 Å². The van der Waals surface area contributed by atoms with Gasteiger partial charge in [0.2, 0.25) is 5.78 Å². The number of hydrogen-bond donors (Lipinski definition) is 1. The lowest BCUT2D eigenvalue weighted by Gasteiger charge is -2.22. The molecule has 2 heterocycles. The maximum atomic E-state index is 12.5. The van der Waals surface area contributed by atoms with Crippen molar-refractivity contribution in [1.29, 1.82) is 0 Å². The second-order valence-corrected chi connectivity index (χ2v) is 4.80. The Labute approximate surface area is 121 Å². The summed E-state index contributed by atoms with van der Waals surface area (Å²) < 4.78 is 5.09. The molecule has 1 aliphatic rings. The van der Waals surface area contributed by atoms with Gasteiger partial charge in [-0.2, -0.15) is 0 Å². The van der Waals surface area contributed by atoms with Crippen molar-refractivity contribution in [2.75, 3.05) is 7.05 Å². The van der Waals surface area contributed by atoms with Crippen molar-refractivity contribution < 1.29 is 19.1 Å².